The Bertz CT molecular complexity index is 165. The van der Waals surface area contributed by atoms with E-state index in [0.717, 1.165) is 19.4 Å². The molecule has 76 valence electrons. The predicted octanol–water partition coefficient (Wildman–Crippen LogP) is 1.33. The Morgan fingerprint density at radius 1 is 1.31 bits per heavy atom. The summed E-state index contributed by atoms with van der Waals surface area (Å²) in [6.07, 6.45) is 3.37. The van der Waals surface area contributed by atoms with E-state index >= 15 is 0 Å². The molecule has 2 nitrogen and oxygen atoms in total. The standard InChI is InChI=1S/C11H22N2/c1-5-6-7-8-11(12-2)9-10-13(3)4/h11-12H,7-10H2,1-4H3. The fraction of sp³-hybridized carbons (Fsp3) is 0.818. The third-order valence-corrected chi connectivity index (χ3v) is 2.13. The zero-order valence-electron chi connectivity index (χ0n) is 9.35. The molecular formula is C11H22N2. The summed E-state index contributed by atoms with van der Waals surface area (Å²) in [6.45, 7) is 3.04. The van der Waals surface area contributed by atoms with Crippen LogP contribution in [-0.2, 0) is 0 Å². The fourth-order valence-corrected chi connectivity index (χ4v) is 1.22. The van der Waals surface area contributed by atoms with Crippen LogP contribution in [0.15, 0.2) is 0 Å². The molecule has 1 atom stereocenters. The molecule has 0 saturated carbocycles. The molecule has 0 bridgehead atoms. The largest absolute Gasteiger partial charge is 0.317 e. The molecular weight excluding hydrogens is 160 g/mol. The van der Waals surface area contributed by atoms with Crippen LogP contribution in [0.1, 0.15) is 26.2 Å². The lowest BCUT2D eigenvalue weighted by Crippen LogP contribution is -2.29. The Hall–Kier alpha value is -0.520. The molecule has 1 N–H and O–H groups in total. The van der Waals surface area contributed by atoms with E-state index in [0.29, 0.717) is 6.04 Å². The van der Waals surface area contributed by atoms with Crippen LogP contribution < -0.4 is 5.32 Å². The van der Waals surface area contributed by atoms with Crippen LogP contribution >= 0.6 is 0 Å². The van der Waals surface area contributed by atoms with Crippen LogP contribution in [0, 0.1) is 11.8 Å². The van der Waals surface area contributed by atoms with Crippen molar-refractivity contribution in [2.45, 2.75) is 32.2 Å². The van der Waals surface area contributed by atoms with Gasteiger partial charge in [-0.2, -0.15) is 0 Å². The summed E-state index contributed by atoms with van der Waals surface area (Å²) in [5.41, 5.74) is 0. The highest BCUT2D eigenvalue weighted by Crippen LogP contribution is 2.01. The van der Waals surface area contributed by atoms with Crippen LogP contribution in [-0.4, -0.2) is 38.6 Å². The highest BCUT2D eigenvalue weighted by molar-refractivity contribution is 4.95. The second-order valence-corrected chi connectivity index (χ2v) is 3.54. The van der Waals surface area contributed by atoms with Gasteiger partial charge in [0.15, 0.2) is 0 Å². The number of hydrogen-bond donors (Lipinski definition) is 1. The quantitative estimate of drug-likeness (QED) is 0.623. The molecule has 0 fully saturated rings. The maximum absolute atomic E-state index is 3.32. The monoisotopic (exact) mass is 182 g/mol. The van der Waals surface area contributed by atoms with Gasteiger partial charge in [0.1, 0.15) is 0 Å². The minimum absolute atomic E-state index is 0.614. The smallest absolute Gasteiger partial charge is 0.0103 e. The first kappa shape index (κ1) is 12.5. The van der Waals surface area contributed by atoms with E-state index < -0.39 is 0 Å². The van der Waals surface area contributed by atoms with E-state index in [1.807, 2.05) is 14.0 Å². The van der Waals surface area contributed by atoms with E-state index in [4.69, 9.17) is 0 Å². The molecule has 0 aliphatic heterocycles. The zero-order valence-corrected chi connectivity index (χ0v) is 9.35. The van der Waals surface area contributed by atoms with Crippen molar-refractivity contribution in [3.8, 4) is 11.8 Å². The third kappa shape index (κ3) is 7.83. The van der Waals surface area contributed by atoms with Gasteiger partial charge in [-0.25, -0.2) is 0 Å². The Kier molecular flexibility index (Phi) is 7.77. The van der Waals surface area contributed by atoms with Gasteiger partial charge in [0.25, 0.3) is 0 Å². The average Bonchev–Trinajstić information content (AvgIpc) is 2.10. The molecule has 0 rings (SSSR count). The highest BCUT2D eigenvalue weighted by Gasteiger charge is 2.04. The van der Waals surface area contributed by atoms with Crippen molar-refractivity contribution in [1.82, 2.24) is 10.2 Å². The van der Waals surface area contributed by atoms with E-state index in [1.165, 1.54) is 6.42 Å². The van der Waals surface area contributed by atoms with Crippen LogP contribution in [0.3, 0.4) is 0 Å². The van der Waals surface area contributed by atoms with E-state index in [-0.39, 0.29) is 0 Å². The molecule has 0 amide bonds. The van der Waals surface area contributed by atoms with Crippen LogP contribution in [0.5, 0.6) is 0 Å². The first-order chi connectivity index (χ1) is 6.20. The first-order valence-corrected chi connectivity index (χ1v) is 4.92. The van der Waals surface area contributed by atoms with E-state index in [1.54, 1.807) is 0 Å². The van der Waals surface area contributed by atoms with Gasteiger partial charge in [-0.1, -0.05) is 0 Å². The SMILES string of the molecule is CC#CCCC(CCN(C)C)NC. The second kappa shape index (κ2) is 8.10. The van der Waals surface area contributed by atoms with Crippen molar-refractivity contribution in [1.29, 1.82) is 0 Å². The number of rotatable bonds is 6. The van der Waals surface area contributed by atoms with E-state index in [2.05, 4.69) is 36.2 Å². The summed E-state index contributed by atoms with van der Waals surface area (Å²) >= 11 is 0. The molecule has 0 aliphatic rings. The minimum atomic E-state index is 0.614. The average molecular weight is 182 g/mol. The summed E-state index contributed by atoms with van der Waals surface area (Å²) in [5.74, 6) is 6.02. The van der Waals surface area contributed by atoms with Gasteiger partial charge in [-0.05, 0) is 47.5 Å². The van der Waals surface area contributed by atoms with Gasteiger partial charge >= 0.3 is 0 Å². The van der Waals surface area contributed by atoms with Gasteiger partial charge in [0, 0.05) is 12.5 Å². The molecule has 0 spiro atoms. The molecule has 0 aromatic rings. The second-order valence-electron chi connectivity index (χ2n) is 3.54. The lowest BCUT2D eigenvalue weighted by Gasteiger charge is -2.17. The van der Waals surface area contributed by atoms with Crippen molar-refractivity contribution < 1.29 is 0 Å². The lowest BCUT2D eigenvalue weighted by atomic mass is 10.1. The van der Waals surface area contributed by atoms with Crippen molar-refractivity contribution in [3.63, 3.8) is 0 Å². The van der Waals surface area contributed by atoms with Gasteiger partial charge in [-0.15, -0.1) is 11.8 Å². The molecule has 1 unspecified atom stereocenters. The highest BCUT2D eigenvalue weighted by atomic mass is 15.1. The van der Waals surface area contributed by atoms with Gasteiger partial charge in [0.2, 0.25) is 0 Å². The summed E-state index contributed by atoms with van der Waals surface area (Å²) < 4.78 is 0. The Labute approximate surface area is 82.7 Å². The fourth-order valence-electron chi connectivity index (χ4n) is 1.22. The minimum Gasteiger partial charge on any atom is -0.317 e. The third-order valence-electron chi connectivity index (χ3n) is 2.13. The first-order valence-electron chi connectivity index (χ1n) is 4.92. The maximum Gasteiger partial charge on any atom is 0.0103 e. The summed E-state index contributed by atoms with van der Waals surface area (Å²) in [7, 11) is 6.25. The Balaban J connectivity index is 3.54. The molecule has 2 heteroatoms. The van der Waals surface area contributed by atoms with Crippen LogP contribution in [0.25, 0.3) is 0 Å². The van der Waals surface area contributed by atoms with Gasteiger partial charge < -0.3 is 10.2 Å². The molecule has 0 radical (unpaired) electrons. The zero-order chi connectivity index (χ0) is 10.1. The molecule has 0 saturated heterocycles. The van der Waals surface area contributed by atoms with Crippen molar-refractivity contribution >= 4 is 0 Å². The topological polar surface area (TPSA) is 15.3 Å². The van der Waals surface area contributed by atoms with Gasteiger partial charge in [-0.3, -0.25) is 0 Å². The molecule has 0 aromatic carbocycles. The van der Waals surface area contributed by atoms with E-state index in [9.17, 15) is 0 Å². The van der Waals surface area contributed by atoms with Crippen molar-refractivity contribution in [3.05, 3.63) is 0 Å². The van der Waals surface area contributed by atoms with Crippen molar-refractivity contribution in [2.24, 2.45) is 0 Å². The Morgan fingerprint density at radius 3 is 2.46 bits per heavy atom. The summed E-state index contributed by atoms with van der Waals surface area (Å²) in [5, 5.41) is 3.32. The van der Waals surface area contributed by atoms with Crippen LogP contribution in [0.2, 0.25) is 0 Å². The number of hydrogen-bond acceptors (Lipinski definition) is 2. The molecule has 0 aromatic heterocycles. The summed E-state index contributed by atoms with van der Waals surface area (Å²) in [6, 6.07) is 0.614. The number of nitrogens with one attached hydrogen (secondary N) is 1. The molecule has 0 heterocycles. The number of nitrogens with zero attached hydrogens (tertiary/aromatic N) is 1. The maximum atomic E-state index is 3.32. The van der Waals surface area contributed by atoms with Gasteiger partial charge in [0.05, 0.1) is 0 Å². The molecule has 13 heavy (non-hydrogen) atoms. The van der Waals surface area contributed by atoms with Crippen molar-refractivity contribution in [2.75, 3.05) is 27.7 Å². The molecule has 0 aliphatic carbocycles. The normalized spacial score (nSPS) is 12.4. The summed E-state index contributed by atoms with van der Waals surface area (Å²) in [4.78, 5) is 2.22. The lowest BCUT2D eigenvalue weighted by molar-refractivity contribution is 0.359. The predicted molar refractivity (Wildman–Crippen MR) is 58.7 cm³/mol. The Morgan fingerprint density at radius 2 is 2.00 bits per heavy atom. The van der Waals surface area contributed by atoms with Crippen LogP contribution in [0.4, 0.5) is 0 Å².